The number of carbonyl (C=O) groups is 1. The van der Waals surface area contributed by atoms with Gasteiger partial charge in [0.1, 0.15) is 0 Å². The molecular formula is C11H12INO2. The van der Waals surface area contributed by atoms with Gasteiger partial charge in [-0.25, -0.2) is 7.91 Å². The predicted molar refractivity (Wildman–Crippen MR) is 66.4 cm³/mol. The highest BCUT2D eigenvalue weighted by molar-refractivity contribution is 14.1. The van der Waals surface area contributed by atoms with Crippen LogP contribution in [0.4, 0.5) is 0 Å². The van der Waals surface area contributed by atoms with Gasteiger partial charge >= 0.3 is 5.97 Å². The zero-order valence-corrected chi connectivity index (χ0v) is 10.3. The van der Waals surface area contributed by atoms with Crippen LogP contribution in [-0.2, 0) is 0 Å². The van der Waals surface area contributed by atoms with E-state index in [9.17, 15) is 4.79 Å². The molecule has 1 N–H and O–H groups in total. The average Bonchev–Trinajstić information content (AvgIpc) is 2.65. The predicted octanol–water partition coefficient (Wildman–Crippen LogP) is 2.52. The molecule has 1 aromatic carbocycles. The summed E-state index contributed by atoms with van der Waals surface area (Å²) in [6, 6.07) is 7.32. The topological polar surface area (TPSA) is 40.5 Å². The second-order valence-corrected chi connectivity index (χ2v) is 5.11. The van der Waals surface area contributed by atoms with E-state index in [0.717, 1.165) is 25.1 Å². The molecule has 1 unspecified atom stereocenters. The lowest BCUT2D eigenvalue weighted by molar-refractivity contribution is 0.0695. The van der Waals surface area contributed by atoms with E-state index in [1.807, 2.05) is 12.1 Å². The number of hydrogen-bond acceptors (Lipinski definition) is 2. The monoisotopic (exact) mass is 317 g/mol. The van der Waals surface area contributed by atoms with Crippen molar-refractivity contribution in [2.45, 2.75) is 12.3 Å². The lowest BCUT2D eigenvalue weighted by atomic mass is 9.93. The van der Waals surface area contributed by atoms with Crippen molar-refractivity contribution in [2.24, 2.45) is 0 Å². The maximum atomic E-state index is 11.0. The SMILES string of the molecule is O=C(O)c1ccccc1C1CCN(I)C1. The third-order valence-electron chi connectivity index (χ3n) is 2.77. The van der Waals surface area contributed by atoms with E-state index in [-0.39, 0.29) is 0 Å². The first-order valence-electron chi connectivity index (χ1n) is 4.91. The zero-order chi connectivity index (χ0) is 10.8. The van der Waals surface area contributed by atoms with E-state index in [4.69, 9.17) is 5.11 Å². The van der Waals surface area contributed by atoms with Crippen LogP contribution in [0, 0.1) is 0 Å². The molecule has 2 rings (SSSR count). The van der Waals surface area contributed by atoms with Gasteiger partial charge in [0.25, 0.3) is 0 Å². The molecule has 1 heterocycles. The summed E-state index contributed by atoms with van der Waals surface area (Å²) in [5, 5.41) is 9.08. The first kappa shape index (κ1) is 10.9. The van der Waals surface area contributed by atoms with Gasteiger partial charge in [0, 0.05) is 36.0 Å². The van der Waals surface area contributed by atoms with Crippen molar-refractivity contribution >= 4 is 28.8 Å². The molecule has 1 aromatic rings. The third kappa shape index (κ3) is 2.31. The maximum Gasteiger partial charge on any atom is 0.335 e. The summed E-state index contributed by atoms with van der Waals surface area (Å²) >= 11 is 2.29. The molecule has 15 heavy (non-hydrogen) atoms. The minimum absolute atomic E-state index is 0.370. The summed E-state index contributed by atoms with van der Waals surface area (Å²) < 4.78 is 2.21. The largest absolute Gasteiger partial charge is 0.478 e. The summed E-state index contributed by atoms with van der Waals surface area (Å²) in [5.41, 5.74) is 1.43. The molecular weight excluding hydrogens is 305 g/mol. The summed E-state index contributed by atoms with van der Waals surface area (Å²) in [6.45, 7) is 1.99. The Morgan fingerprint density at radius 2 is 2.20 bits per heavy atom. The van der Waals surface area contributed by atoms with Crippen molar-refractivity contribution in [3.8, 4) is 0 Å². The minimum atomic E-state index is -0.822. The molecule has 1 aliphatic heterocycles. The lowest BCUT2D eigenvalue weighted by Gasteiger charge is -2.12. The maximum absolute atomic E-state index is 11.0. The molecule has 1 atom stereocenters. The fourth-order valence-corrected chi connectivity index (χ4v) is 2.77. The molecule has 80 valence electrons. The molecule has 0 saturated carbocycles. The Morgan fingerprint density at radius 1 is 1.47 bits per heavy atom. The van der Waals surface area contributed by atoms with Gasteiger partial charge in [0.2, 0.25) is 0 Å². The number of benzene rings is 1. The minimum Gasteiger partial charge on any atom is -0.478 e. The fourth-order valence-electron chi connectivity index (χ4n) is 2.02. The number of carboxylic acid groups (broad SMARTS) is 1. The standard InChI is InChI=1S/C11H12INO2/c12-13-6-5-8(7-13)9-3-1-2-4-10(9)11(14)15/h1-4,8H,5-7H2,(H,14,15). The molecule has 0 aromatic heterocycles. The Hall–Kier alpha value is -0.620. The van der Waals surface area contributed by atoms with E-state index in [1.54, 1.807) is 12.1 Å². The number of hydrogen-bond donors (Lipinski definition) is 1. The molecule has 0 bridgehead atoms. The van der Waals surface area contributed by atoms with Crippen molar-refractivity contribution in [3.05, 3.63) is 35.4 Å². The van der Waals surface area contributed by atoms with E-state index in [0.29, 0.717) is 11.5 Å². The molecule has 0 radical (unpaired) electrons. The van der Waals surface area contributed by atoms with Crippen molar-refractivity contribution in [1.82, 2.24) is 3.11 Å². The van der Waals surface area contributed by atoms with Crippen molar-refractivity contribution < 1.29 is 9.90 Å². The van der Waals surface area contributed by atoms with Crippen molar-refractivity contribution in [3.63, 3.8) is 0 Å². The van der Waals surface area contributed by atoms with Crippen LogP contribution in [0.3, 0.4) is 0 Å². The zero-order valence-electron chi connectivity index (χ0n) is 8.19. The molecule has 0 aliphatic carbocycles. The summed E-state index contributed by atoms with van der Waals surface area (Å²) in [6.07, 6.45) is 1.05. The van der Waals surface area contributed by atoms with Gasteiger partial charge in [-0.15, -0.1) is 0 Å². The van der Waals surface area contributed by atoms with Gasteiger partial charge < -0.3 is 5.11 Å². The van der Waals surface area contributed by atoms with Crippen LogP contribution in [0.15, 0.2) is 24.3 Å². The van der Waals surface area contributed by atoms with E-state index in [2.05, 4.69) is 26.0 Å². The van der Waals surface area contributed by atoms with Gasteiger partial charge in [-0.2, -0.15) is 0 Å². The molecule has 4 heteroatoms. The van der Waals surface area contributed by atoms with Crippen LogP contribution >= 0.6 is 22.9 Å². The lowest BCUT2D eigenvalue weighted by Crippen LogP contribution is -2.10. The van der Waals surface area contributed by atoms with Crippen LogP contribution in [0.1, 0.15) is 28.3 Å². The van der Waals surface area contributed by atoms with Gasteiger partial charge in [0.15, 0.2) is 0 Å². The Bertz CT molecular complexity index is 381. The first-order chi connectivity index (χ1) is 7.18. The van der Waals surface area contributed by atoms with Crippen LogP contribution in [0.5, 0.6) is 0 Å². The summed E-state index contributed by atoms with van der Waals surface area (Å²) in [7, 11) is 0. The normalized spacial score (nSPS) is 21.8. The van der Waals surface area contributed by atoms with E-state index in [1.165, 1.54) is 0 Å². The summed E-state index contributed by atoms with van der Waals surface area (Å²) in [5.74, 6) is -0.452. The number of halogens is 1. The van der Waals surface area contributed by atoms with Crippen molar-refractivity contribution in [1.29, 1.82) is 0 Å². The smallest absolute Gasteiger partial charge is 0.335 e. The Kier molecular flexibility index (Phi) is 3.25. The second kappa shape index (κ2) is 4.49. The van der Waals surface area contributed by atoms with E-state index < -0.39 is 5.97 Å². The van der Waals surface area contributed by atoms with Crippen LogP contribution in [0.25, 0.3) is 0 Å². The van der Waals surface area contributed by atoms with Gasteiger partial charge in [0.05, 0.1) is 5.56 Å². The van der Waals surface area contributed by atoms with Gasteiger partial charge in [-0.1, -0.05) is 18.2 Å². The quantitative estimate of drug-likeness (QED) is 0.673. The fraction of sp³-hybridized carbons (Fsp3) is 0.364. The van der Waals surface area contributed by atoms with Crippen LogP contribution in [-0.4, -0.2) is 27.3 Å². The highest BCUT2D eigenvalue weighted by Gasteiger charge is 2.25. The Morgan fingerprint density at radius 3 is 2.80 bits per heavy atom. The average molecular weight is 317 g/mol. The number of rotatable bonds is 2. The molecule has 0 amide bonds. The molecule has 1 aliphatic rings. The molecule has 1 fully saturated rings. The van der Waals surface area contributed by atoms with Gasteiger partial charge in [-0.05, 0) is 24.0 Å². The summed E-state index contributed by atoms with van der Waals surface area (Å²) in [4.78, 5) is 11.0. The Labute approximate surface area is 103 Å². The second-order valence-electron chi connectivity index (χ2n) is 3.75. The third-order valence-corrected chi connectivity index (χ3v) is 3.65. The highest BCUT2D eigenvalue weighted by atomic mass is 127. The number of carboxylic acids is 1. The first-order valence-corrected chi connectivity index (χ1v) is 5.88. The highest BCUT2D eigenvalue weighted by Crippen LogP contribution is 2.31. The molecule has 1 saturated heterocycles. The number of nitrogens with zero attached hydrogens (tertiary/aromatic N) is 1. The van der Waals surface area contributed by atoms with E-state index >= 15 is 0 Å². The molecule has 0 spiro atoms. The van der Waals surface area contributed by atoms with Crippen LogP contribution in [0.2, 0.25) is 0 Å². The van der Waals surface area contributed by atoms with Crippen LogP contribution < -0.4 is 0 Å². The number of aromatic carboxylic acids is 1. The molecule has 3 nitrogen and oxygen atoms in total. The van der Waals surface area contributed by atoms with Crippen molar-refractivity contribution in [2.75, 3.05) is 13.1 Å². The Balaban J connectivity index is 2.31. The van der Waals surface area contributed by atoms with Gasteiger partial charge in [-0.3, -0.25) is 0 Å².